The molecule has 2 unspecified atom stereocenters. The lowest BCUT2D eigenvalue weighted by atomic mass is 10.2. The van der Waals surface area contributed by atoms with Crippen molar-refractivity contribution in [3.8, 4) is 0 Å². The Bertz CT molecular complexity index is 95.3. The number of thioether (sulfide) groups is 1. The molecule has 1 aliphatic heterocycles. The van der Waals surface area contributed by atoms with Crippen molar-refractivity contribution < 1.29 is 0 Å². The number of hydrogen-bond donors (Lipinski definition) is 1. The zero-order chi connectivity index (χ0) is 7.40. The standard InChI is InChI=1S/C8H17NS/c1-3-8-6-9-7(2)4-5-10-8/h7-9H,3-6H2,1-2H3. The van der Waals surface area contributed by atoms with E-state index < -0.39 is 0 Å². The monoisotopic (exact) mass is 159 g/mol. The highest BCUT2D eigenvalue weighted by Crippen LogP contribution is 2.18. The van der Waals surface area contributed by atoms with Crippen LogP contribution in [0.4, 0.5) is 0 Å². The Morgan fingerprint density at radius 3 is 3.10 bits per heavy atom. The van der Waals surface area contributed by atoms with E-state index in [1.165, 1.54) is 25.1 Å². The van der Waals surface area contributed by atoms with Crippen LogP contribution in [-0.4, -0.2) is 23.6 Å². The molecule has 0 spiro atoms. The largest absolute Gasteiger partial charge is 0.313 e. The predicted molar refractivity (Wildman–Crippen MR) is 48.6 cm³/mol. The molecule has 0 amide bonds. The van der Waals surface area contributed by atoms with Crippen LogP contribution in [-0.2, 0) is 0 Å². The van der Waals surface area contributed by atoms with Gasteiger partial charge in [-0.3, -0.25) is 0 Å². The van der Waals surface area contributed by atoms with Gasteiger partial charge in [0.1, 0.15) is 0 Å². The van der Waals surface area contributed by atoms with Gasteiger partial charge in [0.25, 0.3) is 0 Å². The molecule has 0 aromatic rings. The summed E-state index contributed by atoms with van der Waals surface area (Å²) in [7, 11) is 0. The van der Waals surface area contributed by atoms with Crippen LogP contribution >= 0.6 is 11.8 Å². The SMILES string of the molecule is CCC1CNC(C)CCS1. The van der Waals surface area contributed by atoms with Crippen molar-refractivity contribution in [1.82, 2.24) is 5.32 Å². The zero-order valence-corrected chi connectivity index (χ0v) is 7.71. The van der Waals surface area contributed by atoms with E-state index in [4.69, 9.17) is 0 Å². The quantitative estimate of drug-likeness (QED) is 0.627. The van der Waals surface area contributed by atoms with Gasteiger partial charge in [0.15, 0.2) is 0 Å². The fourth-order valence-corrected chi connectivity index (χ4v) is 2.44. The first-order valence-corrected chi connectivity index (χ1v) is 5.22. The summed E-state index contributed by atoms with van der Waals surface area (Å²) in [5, 5.41) is 4.39. The molecule has 1 N–H and O–H groups in total. The van der Waals surface area contributed by atoms with Crippen molar-refractivity contribution >= 4 is 11.8 Å². The summed E-state index contributed by atoms with van der Waals surface area (Å²) in [5.74, 6) is 1.34. The van der Waals surface area contributed by atoms with E-state index in [-0.39, 0.29) is 0 Å². The van der Waals surface area contributed by atoms with Crippen LogP contribution in [0, 0.1) is 0 Å². The second kappa shape index (κ2) is 4.24. The second-order valence-electron chi connectivity index (χ2n) is 3.00. The zero-order valence-electron chi connectivity index (χ0n) is 6.89. The summed E-state index contributed by atoms with van der Waals surface area (Å²) in [4.78, 5) is 0. The van der Waals surface area contributed by atoms with Gasteiger partial charge in [-0.1, -0.05) is 6.92 Å². The van der Waals surface area contributed by atoms with Crippen LogP contribution in [0.5, 0.6) is 0 Å². The lowest BCUT2D eigenvalue weighted by Gasteiger charge is -2.11. The molecule has 0 aromatic carbocycles. The van der Waals surface area contributed by atoms with Crippen molar-refractivity contribution in [3.63, 3.8) is 0 Å². The fraction of sp³-hybridized carbons (Fsp3) is 1.00. The highest BCUT2D eigenvalue weighted by Gasteiger charge is 2.13. The molecule has 1 aliphatic rings. The van der Waals surface area contributed by atoms with Crippen LogP contribution in [0.15, 0.2) is 0 Å². The van der Waals surface area contributed by atoms with Gasteiger partial charge in [0, 0.05) is 17.8 Å². The summed E-state index contributed by atoms with van der Waals surface area (Å²) < 4.78 is 0. The van der Waals surface area contributed by atoms with Crippen LogP contribution < -0.4 is 5.32 Å². The first-order chi connectivity index (χ1) is 4.83. The second-order valence-corrected chi connectivity index (χ2v) is 4.41. The number of hydrogen-bond acceptors (Lipinski definition) is 2. The molecule has 2 atom stereocenters. The van der Waals surface area contributed by atoms with E-state index in [0.717, 1.165) is 11.3 Å². The molecule has 1 heterocycles. The van der Waals surface area contributed by atoms with Crippen molar-refractivity contribution in [2.45, 2.75) is 38.0 Å². The summed E-state index contributed by atoms with van der Waals surface area (Å²) in [5.41, 5.74) is 0. The Kier molecular flexibility index (Phi) is 3.57. The molecular formula is C8H17NS. The van der Waals surface area contributed by atoms with Crippen molar-refractivity contribution in [1.29, 1.82) is 0 Å². The lowest BCUT2D eigenvalue weighted by molar-refractivity contribution is 0.542. The molecule has 2 heteroatoms. The Labute approximate surface area is 68.0 Å². The Balaban J connectivity index is 2.26. The molecule has 1 fully saturated rings. The molecule has 0 aliphatic carbocycles. The lowest BCUT2D eigenvalue weighted by Crippen LogP contribution is -2.29. The van der Waals surface area contributed by atoms with E-state index >= 15 is 0 Å². The van der Waals surface area contributed by atoms with Gasteiger partial charge in [0.05, 0.1) is 0 Å². The first kappa shape index (κ1) is 8.41. The van der Waals surface area contributed by atoms with Crippen LogP contribution in [0.2, 0.25) is 0 Å². The summed E-state index contributed by atoms with van der Waals surface area (Å²) in [6, 6.07) is 0.740. The third-order valence-electron chi connectivity index (χ3n) is 2.05. The van der Waals surface area contributed by atoms with Crippen LogP contribution in [0.1, 0.15) is 26.7 Å². The summed E-state index contributed by atoms with van der Waals surface area (Å²) in [6.45, 7) is 5.76. The molecule has 10 heavy (non-hydrogen) atoms. The van der Waals surface area contributed by atoms with E-state index in [9.17, 15) is 0 Å². The van der Waals surface area contributed by atoms with Gasteiger partial charge in [-0.25, -0.2) is 0 Å². The first-order valence-electron chi connectivity index (χ1n) is 4.18. The fourth-order valence-electron chi connectivity index (χ4n) is 1.17. The third-order valence-corrected chi connectivity index (χ3v) is 3.50. The Morgan fingerprint density at radius 2 is 2.40 bits per heavy atom. The van der Waals surface area contributed by atoms with E-state index in [0.29, 0.717) is 0 Å². The van der Waals surface area contributed by atoms with Gasteiger partial charge in [-0.05, 0) is 25.5 Å². The third kappa shape index (κ3) is 2.51. The van der Waals surface area contributed by atoms with E-state index in [2.05, 4.69) is 30.9 Å². The minimum Gasteiger partial charge on any atom is -0.313 e. The summed E-state index contributed by atoms with van der Waals surface area (Å²) >= 11 is 2.13. The van der Waals surface area contributed by atoms with Crippen molar-refractivity contribution in [2.24, 2.45) is 0 Å². The Morgan fingerprint density at radius 1 is 1.60 bits per heavy atom. The molecule has 1 rings (SSSR count). The van der Waals surface area contributed by atoms with E-state index in [1.807, 2.05) is 0 Å². The minimum atomic E-state index is 0.740. The topological polar surface area (TPSA) is 12.0 Å². The van der Waals surface area contributed by atoms with Gasteiger partial charge < -0.3 is 5.32 Å². The van der Waals surface area contributed by atoms with Gasteiger partial charge in [0.2, 0.25) is 0 Å². The average molecular weight is 159 g/mol. The smallest absolute Gasteiger partial charge is 0.0169 e. The molecule has 0 bridgehead atoms. The highest BCUT2D eigenvalue weighted by atomic mass is 32.2. The van der Waals surface area contributed by atoms with Gasteiger partial charge in [-0.15, -0.1) is 0 Å². The average Bonchev–Trinajstić information content (AvgIpc) is 2.14. The molecule has 0 saturated carbocycles. The van der Waals surface area contributed by atoms with Crippen LogP contribution in [0.25, 0.3) is 0 Å². The van der Waals surface area contributed by atoms with Gasteiger partial charge in [-0.2, -0.15) is 11.8 Å². The Hall–Kier alpha value is 0.310. The molecule has 0 aromatic heterocycles. The van der Waals surface area contributed by atoms with Crippen LogP contribution in [0.3, 0.4) is 0 Å². The number of nitrogens with one attached hydrogen (secondary N) is 1. The molecule has 1 nitrogen and oxygen atoms in total. The van der Waals surface area contributed by atoms with Crippen molar-refractivity contribution in [2.75, 3.05) is 12.3 Å². The summed E-state index contributed by atoms with van der Waals surface area (Å²) in [6.07, 6.45) is 2.64. The minimum absolute atomic E-state index is 0.740. The maximum Gasteiger partial charge on any atom is 0.0169 e. The molecule has 60 valence electrons. The highest BCUT2D eigenvalue weighted by molar-refractivity contribution is 7.99. The molecule has 1 saturated heterocycles. The normalized spacial score (nSPS) is 35.4. The molecular weight excluding hydrogens is 142 g/mol. The number of rotatable bonds is 1. The predicted octanol–water partition coefficient (Wildman–Crippen LogP) is 1.88. The van der Waals surface area contributed by atoms with Gasteiger partial charge >= 0.3 is 0 Å². The van der Waals surface area contributed by atoms with Crippen molar-refractivity contribution in [3.05, 3.63) is 0 Å². The maximum atomic E-state index is 3.52. The molecule has 0 radical (unpaired) electrons. The van der Waals surface area contributed by atoms with E-state index in [1.54, 1.807) is 0 Å². The maximum absolute atomic E-state index is 3.52.